The highest BCUT2D eigenvalue weighted by Crippen LogP contribution is 2.14. The number of carbonyl (C=O) groups is 2. The Morgan fingerprint density at radius 3 is 2.40 bits per heavy atom. The molecule has 3 aromatic rings. The van der Waals surface area contributed by atoms with E-state index in [9.17, 15) is 9.59 Å². The number of rotatable bonds is 6. The molecule has 0 atom stereocenters. The van der Waals surface area contributed by atoms with E-state index in [-0.39, 0.29) is 6.54 Å². The van der Waals surface area contributed by atoms with Crippen LogP contribution in [0.3, 0.4) is 0 Å². The normalized spacial score (nSPS) is 10.4. The summed E-state index contributed by atoms with van der Waals surface area (Å²) >= 11 is 6.06. The molecular weight excluding hydrogens is 336 g/mol. The van der Waals surface area contributed by atoms with Gasteiger partial charge in [-0.05, 0) is 29.3 Å². The molecule has 1 amide bonds. The second kappa shape index (κ2) is 7.81. The molecule has 5 heteroatoms. The van der Waals surface area contributed by atoms with E-state index in [2.05, 4.69) is 5.32 Å². The van der Waals surface area contributed by atoms with Gasteiger partial charge in [-0.3, -0.25) is 9.59 Å². The number of ketones is 1. The smallest absolute Gasteiger partial charge is 0.294 e. The summed E-state index contributed by atoms with van der Waals surface area (Å²) in [5.41, 5.74) is 2.19. The molecule has 4 nitrogen and oxygen atoms in total. The predicted octanol–water partition coefficient (Wildman–Crippen LogP) is 3.69. The highest BCUT2D eigenvalue weighted by atomic mass is 35.5. The van der Waals surface area contributed by atoms with Gasteiger partial charge in [0.05, 0.1) is 5.69 Å². The molecular formula is C20H17ClN2O2. The molecule has 25 heavy (non-hydrogen) atoms. The lowest BCUT2D eigenvalue weighted by atomic mass is 10.2. The molecule has 0 bridgehead atoms. The fourth-order valence-corrected chi connectivity index (χ4v) is 2.75. The first-order valence-electron chi connectivity index (χ1n) is 7.90. The number of hydrogen-bond acceptors (Lipinski definition) is 2. The number of nitrogens with zero attached hydrogens (tertiary/aromatic N) is 1. The van der Waals surface area contributed by atoms with Gasteiger partial charge in [-0.2, -0.15) is 0 Å². The van der Waals surface area contributed by atoms with E-state index in [1.54, 1.807) is 29.0 Å². The van der Waals surface area contributed by atoms with Crippen LogP contribution in [0.5, 0.6) is 0 Å². The van der Waals surface area contributed by atoms with Crippen LogP contribution in [0.2, 0.25) is 5.02 Å². The van der Waals surface area contributed by atoms with Crippen LogP contribution < -0.4 is 5.32 Å². The van der Waals surface area contributed by atoms with E-state index >= 15 is 0 Å². The second-order valence-corrected chi connectivity index (χ2v) is 6.02. The maximum Gasteiger partial charge on any atom is 0.294 e. The van der Waals surface area contributed by atoms with Gasteiger partial charge in [0.1, 0.15) is 0 Å². The maximum absolute atomic E-state index is 12.5. The molecule has 1 N–H and O–H groups in total. The Morgan fingerprint density at radius 1 is 0.920 bits per heavy atom. The SMILES string of the molecule is O=C(NCc1ccccc1Cl)C(=O)c1cccn1Cc1ccccc1. The van der Waals surface area contributed by atoms with Gasteiger partial charge in [0, 0.05) is 24.3 Å². The van der Waals surface area contributed by atoms with E-state index in [1.807, 2.05) is 48.5 Å². The molecule has 0 unspecified atom stereocenters. The van der Waals surface area contributed by atoms with Crippen LogP contribution in [-0.4, -0.2) is 16.3 Å². The zero-order chi connectivity index (χ0) is 17.6. The topological polar surface area (TPSA) is 51.1 Å². The summed E-state index contributed by atoms with van der Waals surface area (Å²) < 4.78 is 1.77. The van der Waals surface area contributed by atoms with Crippen LogP contribution in [-0.2, 0) is 17.9 Å². The first kappa shape index (κ1) is 17.0. The Balaban J connectivity index is 1.68. The number of carbonyl (C=O) groups excluding carboxylic acids is 2. The maximum atomic E-state index is 12.5. The fourth-order valence-electron chi connectivity index (χ4n) is 2.55. The monoisotopic (exact) mass is 352 g/mol. The van der Waals surface area contributed by atoms with Crippen molar-refractivity contribution in [3.63, 3.8) is 0 Å². The first-order valence-corrected chi connectivity index (χ1v) is 8.28. The van der Waals surface area contributed by atoms with Crippen molar-refractivity contribution >= 4 is 23.3 Å². The Hall–Kier alpha value is -2.85. The van der Waals surface area contributed by atoms with Gasteiger partial charge in [0.25, 0.3) is 11.7 Å². The predicted molar refractivity (Wildman–Crippen MR) is 97.6 cm³/mol. The van der Waals surface area contributed by atoms with Crippen molar-refractivity contribution in [2.24, 2.45) is 0 Å². The summed E-state index contributed by atoms with van der Waals surface area (Å²) in [6, 6.07) is 20.4. The van der Waals surface area contributed by atoms with Gasteiger partial charge in [0.15, 0.2) is 0 Å². The molecule has 3 rings (SSSR count). The molecule has 0 aliphatic carbocycles. The third-order valence-electron chi connectivity index (χ3n) is 3.86. The van der Waals surface area contributed by atoms with Crippen LogP contribution in [0.25, 0.3) is 0 Å². The third-order valence-corrected chi connectivity index (χ3v) is 4.23. The van der Waals surface area contributed by atoms with E-state index in [0.29, 0.717) is 17.3 Å². The molecule has 2 aromatic carbocycles. The second-order valence-electron chi connectivity index (χ2n) is 5.61. The van der Waals surface area contributed by atoms with Crippen LogP contribution in [0, 0.1) is 0 Å². The lowest BCUT2D eigenvalue weighted by Crippen LogP contribution is -2.32. The Labute approximate surface area is 151 Å². The first-order chi connectivity index (χ1) is 12.1. The molecule has 0 saturated heterocycles. The molecule has 0 aliphatic rings. The zero-order valence-corrected chi connectivity index (χ0v) is 14.2. The third kappa shape index (κ3) is 4.17. The van der Waals surface area contributed by atoms with Crippen molar-refractivity contribution in [2.45, 2.75) is 13.1 Å². The van der Waals surface area contributed by atoms with Crippen molar-refractivity contribution in [3.05, 3.63) is 94.8 Å². The Kier molecular flexibility index (Phi) is 5.31. The van der Waals surface area contributed by atoms with Crippen LogP contribution >= 0.6 is 11.6 Å². The molecule has 0 spiro atoms. The standard InChI is InChI=1S/C20H17ClN2O2/c21-17-10-5-4-9-16(17)13-22-20(25)19(24)18-11-6-12-23(18)14-15-7-2-1-3-8-15/h1-12H,13-14H2,(H,22,25). The van der Waals surface area contributed by atoms with Crippen molar-refractivity contribution in [2.75, 3.05) is 0 Å². The molecule has 0 radical (unpaired) electrons. The molecule has 126 valence electrons. The average molecular weight is 353 g/mol. The minimum atomic E-state index is -0.645. The number of benzene rings is 2. The lowest BCUT2D eigenvalue weighted by Gasteiger charge is -2.09. The quantitative estimate of drug-likeness (QED) is 0.543. The van der Waals surface area contributed by atoms with E-state index < -0.39 is 11.7 Å². The number of hydrogen-bond donors (Lipinski definition) is 1. The van der Waals surface area contributed by atoms with Crippen molar-refractivity contribution in [1.29, 1.82) is 0 Å². The van der Waals surface area contributed by atoms with Crippen molar-refractivity contribution in [3.8, 4) is 0 Å². The molecule has 0 saturated carbocycles. The number of nitrogens with one attached hydrogen (secondary N) is 1. The van der Waals surface area contributed by atoms with Gasteiger partial charge in [0.2, 0.25) is 0 Å². The molecule has 0 aliphatic heterocycles. The molecule has 1 heterocycles. The molecule has 1 aromatic heterocycles. The van der Waals surface area contributed by atoms with E-state index in [0.717, 1.165) is 11.1 Å². The van der Waals surface area contributed by atoms with Gasteiger partial charge in [-0.15, -0.1) is 0 Å². The van der Waals surface area contributed by atoms with Gasteiger partial charge in [-0.1, -0.05) is 60.1 Å². The summed E-state index contributed by atoms with van der Waals surface area (Å²) in [6.45, 7) is 0.746. The minimum absolute atomic E-state index is 0.212. The van der Waals surface area contributed by atoms with Gasteiger partial charge in [-0.25, -0.2) is 0 Å². The summed E-state index contributed by atoms with van der Waals surface area (Å²) in [5.74, 6) is -1.21. The average Bonchev–Trinajstić information content (AvgIpc) is 3.09. The number of aromatic nitrogens is 1. The van der Waals surface area contributed by atoms with Crippen molar-refractivity contribution < 1.29 is 9.59 Å². The van der Waals surface area contributed by atoms with Gasteiger partial charge < -0.3 is 9.88 Å². The number of halogens is 1. The molecule has 0 fully saturated rings. The number of amides is 1. The van der Waals surface area contributed by atoms with E-state index in [1.165, 1.54) is 0 Å². The largest absolute Gasteiger partial charge is 0.345 e. The van der Waals surface area contributed by atoms with E-state index in [4.69, 9.17) is 11.6 Å². The number of Topliss-reactive ketones (excluding diaryl/α,β-unsaturated/α-hetero) is 1. The fraction of sp³-hybridized carbons (Fsp3) is 0.100. The van der Waals surface area contributed by atoms with Crippen molar-refractivity contribution in [1.82, 2.24) is 9.88 Å². The summed E-state index contributed by atoms with van der Waals surface area (Å²) in [5, 5.41) is 3.19. The van der Waals surface area contributed by atoms with Gasteiger partial charge >= 0.3 is 0 Å². The Morgan fingerprint density at radius 2 is 1.64 bits per heavy atom. The summed E-state index contributed by atoms with van der Waals surface area (Å²) in [6.07, 6.45) is 1.79. The highest BCUT2D eigenvalue weighted by Gasteiger charge is 2.19. The highest BCUT2D eigenvalue weighted by molar-refractivity contribution is 6.42. The zero-order valence-electron chi connectivity index (χ0n) is 13.5. The van der Waals surface area contributed by atoms with Crippen LogP contribution in [0.1, 0.15) is 21.6 Å². The summed E-state index contributed by atoms with van der Waals surface area (Å²) in [4.78, 5) is 24.7. The minimum Gasteiger partial charge on any atom is -0.345 e. The summed E-state index contributed by atoms with van der Waals surface area (Å²) in [7, 11) is 0. The van der Waals surface area contributed by atoms with Crippen LogP contribution in [0.15, 0.2) is 72.9 Å². The Bertz CT molecular complexity index is 887. The van der Waals surface area contributed by atoms with Crippen LogP contribution in [0.4, 0.5) is 0 Å². The lowest BCUT2D eigenvalue weighted by molar-refractivity contribution is -0.117.